The van der Waals surface area contributed by atoms with Gasteiger partial charge < -0.3 is 24.6 Å². The Morgan fingerprint density at radius 2 is 1.75 bits per heavy atom. The van der Waals surface area contributed by atoms with Gasteiger partial charge in [0.15, 0.2) is 0 Å². The summed E-state index contributed by atoms with van der Waals surface area (Å²) >= 11 is 13.5. The number of methoxy groups -OCH3 is 2. The topological polar surface area (TPSA) is 107 Å². The van der Waals surface area contributed by atoms with Gasteiger partial charge in [0.2, 0.25) is 11.9 Å². The van der Waals surface area contributed by atoms with Gasteiger partial charge in [-0.2, -0.15) is 4.98 Å². The first-order valence-electron chi connectivity index (χ1n) is 18.3. The largest absolute Gasteiger partial charge is 0.495 e. The molecule has 3 amide bonds. The van der Waals surface area contributed by atoms with Crippen molar-refractivity contribution >= 4 is 52.6 Å². The number of piperazine rings is 1. The van der Waals surface area contributed by atoms with E-state index in [9.17, 15) is 9.59 Å². The van der Waals surface area contributed by atoms with Crippen LogP contribution in [0.2, 0.25) is 10.0 Å². The van der Waals surface area contributed by atoms with Gasteiger partial charge in [0.25, 0.3) is 0 Å². The van der Waals surface area contributed by atoms with E-state index >= 15 is 0 Å². The molecule has 1 N–H and O–H groups in total. The first-order valence-corrected chi connectivity index (χ1v) is 19.1. The number of likely N-dealkylation sites (N-methyl/N-ethyl adjacent to an activating group) is 1. The van der Waals surface area contributed by atoms with E-state index < -0.39 is 0 Å². The quantitative estimate of drug-likeness (QED) is 0.164. The van der Waals surface area contributed by atoms with Crippen molar-refractivity contribution in [1.82, 2.24) is 25.1 Å². The number of anilines is 3. The van der Waals surface area contributed by atoms with E-state index in [2.05, 4.69) is 40.4 Å². The molecule has 3 heterocycles. The number of amides is 3. The van der Waals surface area contributed by atoms with Gasteiger partial charge in [-0.3, -0.25) is 19.5 Å². The third-order valence-corrected chi connectivity index (χ3v) is 11.4. The lowest BCUT2D eigenvalue weighted by molar-refractivity contribution is -0.117. The first kappa shape index (κ1) is 38.9. The minimum absolute atomic E-state index is 0.0192. The summed E-state index contributed by atoms with van der Waals surface area (Å²) in [6.07, 6.45) is 11.5. The van der Waals surface area contributed by atoms with Gasteiger partial charge in [0.1, 0.15) is 27.4 Å². The number of hydrogen-bond acceptors (Lipinski definition) is 9. The third-order valence-electron chi connectivity index (χ3n) is 10.6. The van der Waals surface area contributed by atoms with Gasteiger partial charge >= 0.3 is 6.03 Å². The van der Waals surface area contributed by atoms with Crippen molar-refractivity contribution in [3.8, 4) is 11.5 Å². The summed E-state index contributed by atoms with van der Waals surface area (Å²) in [6.45, 7) is 14.4. The van der Waals surface area contributed by atoms with E-state index in [4.69, 9.17) is 42.6 Å². The molecular formula is C37H54Cl2N8O4. The fourth-order valence-electron chi connectivity index (χ4n) is 7.70. The summed E-state index contributed by atoms with van der Waals surface area (Å²) in [4.78, 5) is 47.2. The molecule has 2 fully saturated rings. The minimum atomic E-state index is -0.350. The number of aromatic nitrogens is 2. The fourth-order valence-corrected chi connectivity index (χ4v) is 8.41. The molecule has 2 aliphatic heterocycles. The van der Waals surface area contributed by atoms with Crippen LogP contribution in [0, 0.1) is 0 Å². The fraction of sp³-hybridized carbons (Fsp3) is 0.622. The Morgan fingerprint density at radius 1 is 1.06 bits per heavy atom. The number of rotatable bonds is 15. The van der Waals surface area contributed by atoms with E-state index in [0.717, 1.165) is 83.4 Å². The standard InChI is InChI=1S/C37H54Cl2N8O4/c1-7-10-11-12-13-16-46(28-15-14-26(21-27(28)41-31(48)8-2)45-19-17-44(9-3)18-20-45)36-40-23-25-24-47(37(49)43(4)35(25)42-36)34-32(38)29(50-5)22-30(51-6)33(34)39/h8,22-23,26-28H,2,7,9-21,24H2,1,3-6H3,(H,41,48). The molecule has 0 spiro atoms. The Morgan fingerprint density at radius 3 is 2.37 bits per heavy atom. The van der Waals surface area contributed by atoms with Crippen LogP contribution in [0.1, 0.15) is 70.8 Å². The van der Waals surface area contributed by atoms with Gasteiger partial charge in [-0.05, 0) is 38.3 Å². The van der Waals surface area contributed by atoms with Crippen molar-refractivity contribution in [3.05, 3.63) is 40.5 Å². The Hall–Kier alpha value is -3.32. The molecule has 1 aromatic carbocycles. The molecule has 3 aliphatic rings. The van der Waals surface area contributed by atoms with Crippen LogP contribution in [0.15, 0.2) is 24.9 Å². The summed E-state index contributed by atoms with van der Waals surface area (Å²) in [7, 11) is 4.68. The monoisotopic (exact) mass is 744 g/mol. The highest BCUT2D eigenvalue weighted by molar-refractivity contribution is 6.42. The Kier molecular flexibility index (Phi) is 13.7. The normalized spacial score (nSPS) is 21.3. The number of carbonyl (C=O) groups excluding carboxylic acids is 2. The SMILES string of the molecule is C=CC(=O)NC1CC(N2CCN(CC)CC2)CCC1N(CCCCCCC)c1ncc2c(n1)N(C)C(=O)N(c1c(Cl)c(OC)cc(OC)c1Cl)C2. The summed E-state index contributed by atoms with van der Waals surface area (Å²) in [5.41, 5.74) is 1.03. The van der Waals surface area contributed by atoms with Gasteiger partial charge in [-0.25, -0.2) is 9.78 Å². The van der Waals surface area contributed by atoms with Gasteiger partial charge in [-0.1, -0.05) is 69.3 Å². The number of nitrogens with zero attached hydrogens (tertiary/aromatic N) is 7. The van der Waals surface area contributed by atoms with Crippen molar-refractivity contribution in [2.45, 2.75) is 89.9 Å². The molecular weight excluding hydrogens is 691 g/mol. The molecule has 3 atom stereocenters. The Bertz CT molecular complexity index is 1510. The highest BCUT2D eigenvalue weighted by Crippen LogP contribution is 2.48. The van der Waals surface area contributed by atoms with Crippen LogP contribution < -0.4 is 29.5 Å². The van der Waals surface area contributed by atoms with Crippen LogP contribution in [0.5, 0.6) is 11.5 Å². The van der Waals surface area contributed by atoms with E-state index in [1.807, 2.05) is 0 Å². The Balaban J connectivity index is 1.45. The molecule has 1 saturated heterocycles. The molecule has 1 aliphatic carbocycles. The average Bonchev–Trinajstić information content (AvgIpc) is 3.15. The molecule has 3 unspecified atom stereocenters. The Labute approximate surface area is 313 Å². The number of fused-ring (bicyclic) bond motifs is 1. The van der Waals surface area contributed by atoms with Crippen LogP contribution in [0.25, 0.3) is 0 Å². The maximum atomic E-state index is 14.0. The number of nitrogens with one attached hydrogen (secondary N) is 1. The minimum Gasteiger partial charge on any atom is -0.495 e. The molecule has 12 nitrogen and oxygen atoms in total. The molecule has 280 valence electrons. The second-order valence-electron chi connectivity index (χ2n) is 13.6. The molecule has 51 heavy (non-hydrogen) atoms. The first-order chi connectivity index (χ1) is 24.6. The van der Waals surface area contributed by atoms with E-state index in [-0.39, 0.29) is 40.6 Å². The predicted molar refractivity (Wildman–Crippen MR) is 205 cm³/mol. The average molecular weight is 746 g/mol. The van der Waals surface area contributed by atoms with E-state index in [1.54, 1.807) is 19.3 Å². The highest BCUT2D eigenvalue weighted by Gasteiger charge is 2.40. The molecule has 0 bridgehead atoms. The zero-order chi connectivity index (χ0) is 36.7. The number of halogens is 2. The summed E-state index contributed by atoms with van der Waals surface area (Å²) in [6, 6.07) is 1.49. The van der Waals surface area contributed by atoms with Crippen molar-refractivity contribution in [2.24, 2.45) is 0 Å². The second kappa shape index (κ2) is 17.9. The van der Waals surface area contributed by atoms with Gasteiger partial charge in [0.05, 0.1) is 38.5 Å². The van der Waals surface area contributed by atoms with Crippen LogP contribution in [0.3, 0.4) is 0 Å². The number of unbranched alkanes of at least 4 members (excludes halogenated alkanes) is 4. The molecule has 14 heteroatoms. The van der Waals surface area contributed by atoms with Crippen molar-refractivity contribution < 1.29 is 19.1 Å². The van der Waals surface area contributed by atoms with Gasteiger partial charge in [0, 0.05) is 63.6 Å². The number of urea groups is 1. The lowest BCUT2D eigenvalue weighted by Crippen LogP contribution is -2.60. The van der Waals surface area contributed by atoms with Crippen molar-refractivity contribution in [2.75, 3.05) is 75.2 Å². The smallest absolute Gasteiger partial charge is 0.330 e. The number of hydrogen-bond donors (Lipinski definition) is 1. The second-order valence-corrected chi connectivity index (χ2v) is 14.4. The zero-order valence-corrected chi connectivity index (χ0v) is 32.3. The zero-order valence-electron chi connectivity index (χ0n) is 30.8. The number of carbonyl (C=O) groups is 2. The van der Waals surface area contributed by atoms with Crippen molar-refractivity contribution in [3.63, 3.8) is 0 Å². The molecule has 2 aromatic rings. The van der Waals surface area contributed by atoms with Crippen LogP contribution >= 0.6 is 23.2 Å². The highest BCUT2D eigenvalue weighted by atomic mass is 35.5. The molecule has 1 aromatic heterocycles. The summed E-state index contributed by atoms with van der Waals surface area (Å²) in [5, 5.41) is 3.70. The molecule has 5 rings (SSSR count). The summed E-state index contributed by atoms with van der Waals surface area (Å²) in [5.74, 6) is 1.58. The third kappa shape index (κ3) is 8.67. The lowest BCUT2D eigenvalue weighted by Gasteiger charge is -2.47. The van der Waals surface area contributed by atoms with Crippen LogP contribution in [0.4, 0.5) is 22.2 Å². The molecule has 1 saturated carbocycles. The number of ether oxygens (including phenoxy) is 2. The maximum absolute atomic E-state index is 14.0. The van der Waals surface area contributed by atoms with Crippen molar-refractivity contribution in [1.29, 1.82) is 0 Å². The van der Waals surface area contributed by atoms with E-state index in [0.29, 0.717) is 35.0 Å². The summed E-state index contributed by atoms with van der Waals surface area (Å²) < 4.78 is 10.9. The van der Waals surface area contributed by atoms with Gasteiger partial charge in [-0.15, -0.1) is 0 Å². The van der Waals surface area contributed by atoms with E-state index in [1.165, 1.54) is 42.9 Å². The van der Waals surface area contributed by atoms with Crippen LogP contribution in [-0.4, -0.2) is 110 Å². The lowest BCUT2D eigenvalue weighted by atomic mass is 9.84. The number of benzene rings is 1. The van der Waals surface area contributed by atoms with Crippen LogP contribution in [-0.2, 0) is 11.3 Å². The predicted octanol–water partition coefficient (Wildman–Crippen LogP) is 6.38. The molecule has 0 radical (unpaired) electrons. The maximum Gasteiger partial charge on any atom is 0.330 e.